The zero-order chi connectivity index (χ0) is 30.0. The van der Waals surface area contributed by atoms with Gasteiger partial charge in [-0.15, -0.1) is 0 Å². The van der Waals surface area contributed by atoms with Crippen molar-refractivity contribution in [2.45, 2.75) is 42.7 Å². The monoisotopic (exact) mass is 592 g/mol. The molecule has 1 aliphatic carbocycles. The lowest BCUT2D eigenvalue weighted by Crippen LogP contribution is -2.42. The van der Waals surface area contributed by atoms with E-state index in [1.807, 2.05) is 12.1 Å². The van der Waals surface area contributed by atoms with Gasteiger partial charge >= 0.3 is 0 Å². The van der Waals surface area contributed by atoms with E-state index < -0.39 is 10.0 Å². The predicted molar refractivity (Wildman–Crippen MR) is 162 cm³/mol. The summed E-state index contributed by atoms with van der Waals surface area (Å²) in [7, 11) is -3.91. The maximum atomic E-state index is 13.6. The number of para-hydroxylation sites is 1. The average molecular weight is 593 g/mol. The van der Waals surface area contributed by atoms with Gasteiger partial charge in [-0.25, -0.2) is 27.3 Å². The van der Waals surface area contributed by atoms with Crippen molar-refractivity contribution in [3.63, 3.8) is 0 Å². The Kier molecular flexibility index (Phi) is 7.48. The van der Waals surface area contributed by atoms with Gasteiger partial charge in [0.1, 0.15) is 11.8 Å². The molecule has 3 aromatic heterocycles. The number of aromatic nitrogens is 4. The Labute approximate surface area is 248 Å². The largest absolute Gasteiger partial charge is 0.397 e. The van der Waals surface area contributed by atoms with Crippen molar-refractivity contribution in [2.24, 2.45) is 0 Å². The molecule has 0 aliphatic heterocycles. The van der Waals surface area contributed by atoms with Crippen LogP contribution < -0.4 is 16.4 Å². The van der Waals surface area contributed by atoms with Crippen molar-refractivity contribution >= 4 is 38.5 Å². The topological polar surface area (TPSA) is 169 Å². The molecule has 1 amide bonds. The summed E-state index contributed by atoms with van der Waals surface area (Å²) in [5.41, 5.74) is 7.99. The lowest BCUT2D eigenvalue weighted by molar-refractivity contribution is 0.0921. The molecule has 2 aromatic carbocycles. The number of rotatable bonds is 7. The second kappa shape index (κ2) is 11.5. The number of nitrogen functional groups attached to an aromatic ring is 1. The van der Waals surface area contributed by atoms with Crippen LogP contribution in [0.1, 0.15) is 41.7 Å². The first kappa shape index (κ1) is 27.9. The van der Waals surface area contributed by atoms with E-state index in [4.69, 9.17) is 10.7 Å². The number of carbonyl (C=O) groups is 1. The van der Waals surface area contributed by atoms with E-state index in [-0.39, 0.29) is 28.4 Å². The van der Waals surface area contributed by atoms with Crippen LogP contribution in [-0.4, -0.2) is 45.3 Å². The van der Waals surface area contributed by atoms with Crippen molar-refractivity contribution in [3.05, 3.63) is 96.6 Å². The van der Waals surface area contributed by atoms with Crippen LogP contribution >= 0.6 is 0 Å². The maximum absolute atomic E-state index is 13.6. The minimum absolute atomic E-state index is 0.0287. The number of carbonyl (C=O) groups excluding carboxylic acids is 1. The summed E-state index contributed by atoms with van der Waals surface area (Å²) in [4.78, 5) is 26.0. The number of nitrogens with zero attached hydrogens (tertiary/aromatic N) is 5. The first-order chi connectivity index (χ1) is 20.8. The molecule has 0 radical (unpaired) electrons. The number of benzene rings is 2. The van der Waals surface area contributed by atoms with Crippen LogP contribution in [0.25, 0.3) is 22.2 Å². The van der Waals surface area contributed by atoms with Crippen molar-refractivity contribution in [3.8, 4) is 17.3 Å². The van der Waals surface area contributed by atoms with Gasteiger partial charge < -0.3 is 16.4 Å². The second-order valence-corrected chi connectivity index (χ2v) is 12.2. The van der Waals surface area contributed by atoms with E-state index in [2.05, 4.69) is 26.7 Å². The van der Waals surface area contributed by atoms with Crippen LogP contribution in [0.15, 0.2) is 90.2 Å². The van der Waals surface area contributed by atoms with Crippen LogP contribution in [0.2, 0.25) is 0 Å². The predicted octanol–water partition coefficient (Wildman–Crippen LogP) is 4.34. The molecule has 0 spiro atoms. The van der Waals surface area contributed by atoms with Crippen LogP contribution in [-0.2, 0) is 10.0 Å². The number of anilines is 2. The fraction of sp³-hybridized carbons (Fsp3) is 0.194. The molecular formula is C31H28N8O3S. The summed E-state index contributed by atoms with van der Waals surface area (Å²) < 4.78 is 28.4. The highest BCUT2D eigenvalue weighted by atomic mass is 32.2. The van der Waals surface area contributed by atoms with Gasteiger partial charge in [-0.2, -0.15) is 5.26 Å². The van der Waals surface area contributed by atoms with Crippen LogP contribution in [0.4, 0.5) is 11.6 Å². The van der Waals surface area contributed by atoms with Crippen LogP contribution in [0.5, 0.6) is 0 Å². The molecular weight excluding hydrogens is 564 g/mol. The fourth-order valence-electron chi connectivity index (χ4n) is 5.42. The number of nitrogens with one attached hydrogen (secondary N) is 2. The third-order valence-corrected chi connectivity index (χ3v) is 9.19. The Hall–Kier alpha value is -5.28. The van der Waals surface area contributed by atoms with E-state index in [0.717, 1.165) is 19.3 Å². The van der Waals surface area contributed by atoms with Gasteiger partial charge in [0.2, 0.25) is 5.95 Å². The Morgan fingerprint density at radius 2 is 1.74 bits per heavy atom. The summed E-state index contributed by atoms with van der Waals surface area (Å²) in [6.07, 6.45) is 7.61. The molecule has 43 heavy (non-hydrogen) atoms. The first-order valence-electron chi connectivity index (χ1n) is 13.8. The Bertz CT molecular complexity index is 1950. The molecule has 1 saturated carbocycles. The molecule has 2 atom stereocenters. The van der Waals surface area contributed by atoms with Gasteiger partial charge in [0.25, 0.3) is 15.9 Å². The number of hydrogen-bond donors (Lipinski definition) is 3. The fourth-order valence-corrected chi connectivity index (χ4v) is 6.81. The average Bonchev–Trinajstić information content (AvgIpc) is 3.42. The normalized spacial score (nSPS) is 16.8. The highest BCUT2D eigenvalue weighted by Crippen LogP contribution is 2.34. The second-order valence-electron chi connectivity index (χ2n) is 10.4. The molecule has 6 rings (SSSR count). The summed E-state index contributed by atoms with van der Waals surface area (Å²) in [6, 6.07) is 20.6. The number of amides is 1. The van der Waals surface area contributed by atoms with E-state index in [1.54, 1.807) is 54.6 Å². The summed E-state index contributed by atoms with van der Waals surface area (Å²) in [6.45, 7) is 0. The molecule has 3 heterocycles. The highest BCUT2D eigenvalue weighted by molar-refractivity contribution is 7.90. The van der Waals surface area contributed by atoms with Crippen molar-refractivity contribution in [2.75, 3.05) is 11.1 Å². The van der Waals surface area contributed by atoms with Crippen LogP contribution in [0.3, 0.4) is 0 Å². The lowest BCUT2D eigenvalue weighted by atomic mass is 9.91. The van der Waals surface area contributed by atoms with Gasteiger partial charge in [-0.05, 0) is 56.0 Å². The third-order valence-electron chi connectivity index (χ3n) is 7.50. The number of nitriles is 1. The minimum atomic E-state index is -3.91. The molecule has 12 heteroatoms. The number of fused-ring (bicyclic) bond motifs is 1. The van der Waals surface area contributed by atoms with E-state index in [9.17, 15) is 18.5 Å². The third kappa shape index (κ3) is 5.62. The Balaban J connectivity index is 1.28. The SMILES string of the molecule is N#Cc1cnc(N[C@@H]2CCC[C@H](NC(=O)c3ccc(N)cn3)C2)nc1-c1cn(S(=O)(=O)c2ccccc2)c2ccccc12. The Morgan fingerprint density at radius 3 is 2.51 bits per heavy atom. The Morgan fingerprint density at radius 1 is 0.977 bits per heavy atom. The molecule has 0 unspecified atom stereocenters. The molecule has 1 aliphatic rings. The van der Waals surface area contributed by atoms with Crippen molar-refractivity contribution in [1.29, 1.82) is 5.26 Å². The smallest absolute Gasteiger partial charge is 0.270 e. The number of hydrogen-bond acceptors (Lipinski definition) is 9. The highest BCUT2D eigenvalue weighted by Gasteiger charge is 2.26. The number of nitrogens with two attached hydrogens (primary N) is 1. The molecule has 1 fully saturated rings. The van der Waals surface area contributed by atoms with Crippen LogP contribution in [0, 0.1) is 11.3 Å². The minimum Gasteiger partial charge on any atom is -0.397 e. The molecule has 11 nitrogen and oxygen atoms in total. The summed E-state index contributed by atoms with van der Waals surface area (Å²) in [5.74, 6) is 0.0540. The van der Waals surface area contributed by atoms with E-state index in [0.29, 0.717) is 45.9 Å². The zero-order valence-electron chi connectivity index (χ0n) is 23.0. The summed E-state index contributed by atoms with van der Waals surface area (Å²) in [5, 5.41) is 17.0. The van der Waals surface area contributed by atoms with E-state index in [1.165, 1.54) is 22.6 Å². The molecule has 0 saturated heterocycles. The number of pyridine rings is 1. The summed E-state index contributed by atoms with van der Waals surface area (Å²) >= 11 is 0. The van der Waals surface area contributed by atoms with Gasteiger partial charge in [0.05, 0.1) is 39.8 Å². The van der Waals surface area contributed by atoms with Crippen molar-refractivity contribution < 1.29 is 13.2 Å². The van der Waals surface area contributed by atoms with Gasteiger partial charge in [-0.1, -0.05) is 36.4 Å². The lowest BCUT2D eigenvalue weighted by Gasteiger charge is -2.30. The van der Waals surface area contributed by atoms with Crippen molar-refractivity contribution in [1.82, 2.24) is 24.2 Å². The van der Waals surface area contributed by atoms with Gasteiger partial charge in [-0.3, -0.25) is 4.79 Å². The van der Waals surface area contributed by atoms with Gasteiger partial charge in [0, 0.05) is 29.2 Å². The van der Waals surface area contributed by atoms with Gasteiger partial charge in [0.15, 0.2) is 0 Å². The molecule has 4 N–H and O–H groups in total. The quantitative estimate of drug-likeness (QED) is 0.249. The molecule has 0 bridgehead atoms. The standard InChI is InChI=1S/C31H28N8O3S/c32-16-20-17-35-31(37-23-8-6-7-22(15-23)36-30(40)27-14-13-21(33)18-34-27)38-29(20)26-19-39(28-12-5-4-11-25(26)28)43(41,42)24-9-2-1-3-10-24/h1-5,9-14,17-19,22-23H,6-8,15,33H2,(H,36,40)(H,35,37,38)/t22-,23+/m0/s1. The molecule has 5 aromatic rings. The van der Waals surface area contributed by atoms with E-state index >= 15 is 0 Å². The first-order valence-corrected chi connectivity index (χ1v) is 15.2. The maximum Gasteiger partial charge on any atom is 0.270 e. The zero-order valence-corrected chi connectivity index (χ0v) is 23.8. The molecule has 216 valence electrons.